The minimum atomic E-state index is -0.0386. The number of nitrogens with zero attached hydrogens (tertiary/aromatic N) is 1. The van der Waals surface area contributed by atoms with Crippen LogP contribution in [0.5, 0.6) is 0 Å². The van der Waals surface area contributed by atoms with Crippen molar-refractivity contribution in [2.45, 2.75) is 45.1 Å². The van der Waals surface area contributed by atoms with E-state index < -0.39 is 0 Å². The Bertz CT molecular complexity index is 508. The van der Waals surface area contributed by atoms with Gasteiger partial charge in [0.15, 0.2) is 0 Å². The van der Waals surface area contributed by atoms with Gasteiger partial charge in [0.25, 0.3) is 5.91 Å². The Morgan fingerprint density at radius 1 is 1.23 bits per heavy atom. The lowest BCUT2D eigenvalue weighted by Crippen LogP contribution is -2.46. The summed E-state index contributed by atoms with van der Waals surface area (Å²) in [4.78, 5) is 26.1. The minimum Gasteiger partial charge on any atom is -0.349 e. The molecular formula is C17H23BrN2O2. The molecule has 1 heterocycles. The summed E-state index contributed by atoms with van der Waals surface area (Å²) >= 11 is 3.36. The van der Waals surface area contributed by atoms with Gasteiger partial charge in [0.05, 0.1) is 0 Å². The number of amides is 2. The van der Waals surface area contributed by atoms with Crippen LogP contribution in [0.15, 0.2) is 28.7 Å². The highest BCUT2D eigenvalue weighted by molar-refractivity contribution is 9.10. The van der Waals surface area contributed by atoms with Gasteiger partial charge in [-0.15, -0.1) is 0 Å². The van der Waals surface area contributed by atoms with Crippen molar-refractivity contribution in [1.82, 2.24) is 10.2 Å². The Morgan fingerprint density at radius 2 is 1.86 bits per heavy atom. The number of piperidine rings is 1. The summed E-state index contributed by atoms with van der Waals surface area (Å²) in [6, 6.07) is 7.51. The molecule has 2 amide bonds. The topological polar surface area (TPSA) is 49.4 Å². The fraction of sp³-hybridized carbons (Fsp3) is 0.529. The molecule has 4 nitrogen and oxygen atoms in total. The molecule has 1 aromatic rings. The Kier molecular flexibility index (Phi) is 6.43. The van der Waals surface area contributed by atoms with Crippen LogP contribution in [0.4, 0.5) is 0 Å². The van der Waals surface area contributed by atoms with Gasteiger partial charge in [-0.25, -0.2) is 0 Å². The summed E-state index contributed by atoms with van der Waals surface area (Å²) in [6.07, 6.45) is 4.32. The molecular weight excluding hydrogens is 344 g/mol. The van der Waals surface area contributed by atoms with Gasteiger partial charge < -0.3 is 10.2 Å². The van der Waals surface area contributed by atoms with Gasteiger partial charge in [-0.2, -0.15) is 0 Å². The summed E-state index contributed by atoms with van der Waals surface area (Å²) in [5.41, 5.74) is 0.671. The average molecular weight is 367 g/mol. The zero-order chi connectivity index (χ0) is 15.9. The lowest BCUT2D eigenvalue weighted by Gasteiger charge is -2.32. The monoisotopic (exact) mass is 366 g/mol. The molecule has 2 rings (SSSR count). The molecule has 22 heavy (non-hydrogen) atoms. The summed E-state index contributed by atoms with van der Waals surface area (Å²) in [5, 5.41) is 3.07. The molecule has 1 N–H and O–H groups in total. The maximum absolute atomic E-state index is 12.2. The summed E-state index contributed by atoms with van der Waals surface area (Å²) in [6.45, 7) is 3.58. The Morgan fingerprint density at radius 3 is 2.45 bits per heavy atom. The van der Waals surface area contributed by atoms with Crippen molar-refractivity contribution in [3.05, 3.63) is 34.3 Å². The molecule has 0 bridgehead atoms. The highest BCUT2D eigenvalue weighted by Crippen LogP contribution is 2.14. The van der Waals surface area contributed by atoms with Crippen LogP contribution in [-0.2, 0) is 4.79 Å². The third-order valence-electron chi connectivity index (χ3n) is 4.03. The standard InChI is InChI=1S/C17H23BrN2O2/c1-2-3-4-16(21)20-11-9-15(10-12-20)19-17(22)13-5-7-14(18)8-6-13/h5-8,15H,2-4,9-12H2,1H3,(H,19,22). The van der Waals surface area contributed by atoms with Crippen molar-refractivity contribution in [3.63, 3.8) is 0 Å². The molecule has 5 heteroatoms. The van der Waals surface area contributed by atoms with E-state index in [0.29, 0.717) is 12.0 Å². The van der Waals surface area contributed by atoms with E-state index in [0.717, 1.165) is 43.2 Å². The predicted molar refractivity (Wildman–Crippen MR) is 90.7 cm³/mol. The number of halogens is 1. The Hall–Kier alpha value is -1.36. The number of unbranched alkanes of at least 4 members (excludes halogenated alkanes) is 1. The molecule has 120 valence electrons. The highest BCUT2D eigenvalue weighted by atomic mass is 79.9. The Balaban J connectivity index is 1.78. The van der Waals surface area contributed by atoms with Crippen LogP contribution in [0.3, 0.4) is 0 Å². The van der Waals surface area contributed by atoms with Gasteiger partial charge in [-0.1, -0.05) is 29.3 Å². The molecule has 1 aliphatic heterocycles. The molecule has 0 spiro atoms. The van der Waals surface area contributed by atoms with Crippen LogP contribution in [0, 0.1) is 0 Å². The second-order valence-electron chi connectivity index (χ2n) is 5.74. The number of rotatable bonds is 5. The second-order valence-corrected chi connectivity index (χ2v) is 6.65. The highest BCUT2D eigenvalue weighted by Gasteiger charge is 2.23. The summed E-state index contributed by atoms with van der Waals surface area (Å²) in [5.74, 6) is 0.211. The van der Waals surface area contributed by atoms with Crippen LogP contribution < -0.4 is 5.32 Å². The van der Waals surface area contributed by atoms with E-state index in [4.69, 9.17) is 0 Å². The van der Waals surface area contributed by atoms with Gasteiger partial charge in [0.1, 0.15) is 0 Å². The molecule has 0 atom stereocenters. The summed E-state index contributed by atoms with van der Waals surface area (Å²) in [7, 11) is 0. The normalized spacial score (nSPS) is 15.6. The van der Waals surface area contributed by atoms with Gasteiger partial charge in [-0.05, 0) is 43.5 Å². The molecule has 1 saturated heterocycles. The number of likely N-dealkylation sites (tertiary alicyclic amines) is 1. The van der Waals surface area contributed by atoms with E-state index in [2.05, 4.69) is 28.2 Å². The average Bonchev–Trinajstić information content (AvgIpc) is 2.54. The van der Waals surface area contributed by atoms with Crippen molar-refractivity contribution < 1.29 is 9.59 Å². The number of benzene rings is 1. The zero-order valence-corrected chi connectivity index (χ0v) is 14.6. The number of hydrogen-bond acceptors (Lipinski definition) is 2. The first-order valence-corrected chi connectivity index (χ1v) is 8.73. The smallest absolute Gasteiger partial charge is 0.251 e. The maximum atomic E-state index is 12.2. The van der Waals surface area contributed by atoms with Crippen LogP contribution in [0.2, 0.25) is 0 Å². The molecule has 1 fully saturated rings. The first kappa shape index (κ1) is 17.0. The molecule has 1 aromatic carbocycles. The molecule has 0 unspecified atom stereocenters. The first-order chi connectivity index (χ1) is 10.6. The first-order valence-electron chi connectivity index (χ1n) is 7.94. The van der Waals surface area contributed by atoms with Gasteiger partial charge in [0, 0.05) is 35.6 Å². The molecule has 0 radical (unpaired) electrons. The Labute approximate surface area is 140 Å². The van der Waals surface area contributed by atoms with E-state index in [1.165, 1.54) is 0 Å². The van der Waals surface area contributed by atoms with Crippen LogP contribution in [-0.4, -0.2) is 35.8 Å². The number of hydrogen-bond donors (Lipinski definition) is 1. The molecule has 1 aliphatic rings. The van der Waals surface area contributed by atoms with Gasteiger partial charge in [0.2, 0.25) is 5.91 Å². The number of nitrogens with one attached hydrogen (secondary N) is 1. The van der Waals surface area contributed by atoms with Gasteiger partial charge >= 0.3 is 0 Å². The number of carbonyl (C=O) groups excluding carboxylic acids is 2. The SMILES string of the molecule is CCCCC(=O)N1CCC(NC(=O)c2ccc(Br)cc2)CC1. The van der Waals surface area contributed by atoms with E-state index in [9.17, 15) is 9.59 Å². The van der Waals surface area contributed by atoms with E-state index in [1.807, 2.05) is 29.2 Å². The fourth-order valence-corrected chi connectivity index (χ4v) is 2.89. The second kappa shape index (κ2) is 8.32. The van der Waals surface area contributed by atoms with E-state index in [1.54, 1.807) is 0 Å². The van der Waals surface area contributed by atoms with E-state index >= 15 is 0 Å². The third-order valence-corrected chi connectivity index (χ3v) is 4.56. The third kappa shape index (κ3) is 4.83. The van der Waals surface area contributed by atoms with Gasteiger partial charge in [-0.3, -0.25) is 9.59 Å². The quantitative estimate of drug-likeness (QED) is 0.868. The predicted octanol–water partition coefficient (Wildman–Crippen LogP) is 3.36. The lowest BCUT2D eigenvalue weighted by molar-refractivity contribution is -0.132. The van der Waals surface area contributed by atoms with Crippen LogP contribution in [0.25, 0.3) is 0 Å². The summed E-state index contributed by atoms with van der Waals surface area (Å²) < 4.78 is 0.961. The molecule has 0 saturated carbocycles. The molecule has 0 aromatic heterocycles. The van der Waals surface area contributed by atoms with Crippen molar-refractivity contribution in [2.24, 2.45) is 0 Å². The van der Waals surface area contributed by atoms with Crippen molar-refractivity contribution in [1.29, 1.82) is 0 Å². The van der Waals surface area contributed by atoms with Crippen molar-refractivity contribution in [3.8, 4) is 0 Å². The lowest BCUT2D eigenvalue weighted by atomic mass is 10.0. The zero-order valence-electron chi connectivity index (χ0n) is 13.0. The number of carbonyl (C=O) groups is 2. The minimum absolute atomic E-state index is 0.0386. The largest absolute Gasteiger partial charge is 0.349 e. The van der Waals surface area contributed by atoms with Crippen LogP contribution in [0.1, 0.15) is 49.4 Å². The molecule has 0 aliphatic carbocycles. The fourth-order valence-electron chi connectivity index (χ4n) is 2.63. The van der Waals surface area contributed by atoms with Crippen molar-refractivity contribution in [2.75, 3.05) is 13.1 Å². The van der Waals surface area contributed by atoms with Crippen molar-refractivity contribution >= 4 is 27.7 Å². The van der Waals surface area contributed by atoms with Crippen LogP contribution >= 0.6 is 15.9 Å². The maximum Gasteiger partial charge on any atom is 0.251 e. The van der Waals surface area contributed by atoms with E-state index in [-0.39, 0.29) is 17.9 Å².